The fourth-order valence-corrected chi connectivity index (χ4v) is 12.3. The van der Waals surface area contributed by atoms with Gasteiger partial charge < -0.3 is 65.1 Å². The number of aliphatic hydroxyl groups is 8. The minimum Gasteiger partial charge on any atom is -0.394 e. The van der Waals surface area contributed by atoms with E-state index in [1.165, 1.54) is 186 Å². The van der Waals surface area contributed by atoms with Gasteiger partial charge in [-0.2, -0.15) is 0 Å². The Morgan fingerprint density at radius 3 is 1.14 bits per heavy atom. The minimum absolute atomic E-state index is 0.209. The normalized spacial score (nSPS) is 23.0. The molecule has 0 aliphatic carbocycles. The van der Waals surface area contributed by atoms with E-state index in [9.17, 15) is 45.6 Å². The SMILES string of the molecule is CC/C=C\C/C=C\C/C=C\C/C=C\C/C=C\C/C=C\C/C=C\CCCCCCCCCCCCCC(=O)NC(COC1OC(CO)C(OC2OC(CO)C(O)C(O)C2O)C(O)C1O)C(O)CCCCCCCCCCCCCCCCCCCCCCCCCCCC. The Morgan fingerprint density at radius 1 is 0.398 bits per heavy atom. The fraction of sp³-hybridized carbons (Fsp3) is 0.810. The van der Waals surface area contributed by atoms with Gasteiger partial charge in [0.2, 0.25) is 5.91 Å². The Hall–Kier alpha value is -2.83. The van der Waals surface area contributed by atoms with Crippen molar-refractivity contribution in [1.29, 1.82) is 0 Å². The van der Waals surface area contributed by atoms with Gasteiger partial charge in [0.1, 0.15) is 48.8 Å². The number of allylic oxidation sites excluding steroid dienone is 14. The first-order valence-corrected chi connectivity index (χ1v) is 38.3. The third-order valence-corrected chi connectivity index (χ3v) is 18.4. The summed E-state index contributed by atoms with van der Waals surface area (Å²) in [5, 5.41) is 87.8. The molecule has 14 nitrogen and oxygen atoms in total. The molecule has 2 aliphatic rings. The standard InChI is InChI=1S/C79H141NO13/c1-3-5-7-9-11-13-15-17-19-21-23-25-27-29-31-32-33-34-35-36-37-39-41-43-45-47-49-51-53-55-57-59-61-63-71(84)80-67(66-90-78-76(89)74(87)77(70(65-82)92-78)93-79-75(88)73(86)72(85)69(64-81)91-79)68(83)62-60-58-56-54-52-50-48-46-44-42-40-38-30-28-26-24-22-20-18-16-14-12-10-8-6-4-2/h5,7,11,13,17,19,23,25,29,31,33-34,36-37,67-70,72-79,81-83,85-89H,3-4,6,8-10,12,14-16,18,20-22,24,26-28,30,32,35,38-66H2,1-2H3,(H,80,84)/b7-5-,13-11-,19-17-,25-23-,31-29-,34-33-,37-36-. The van der Waals surface area contributed by atoms with Crippen LogP contribution in [0.25, 0.3) is 0 Å². The molecular formula is C79H141NO13. The van der Waals surface area contributed by atoms with E-state index in [-0.39, 0.29) is 12.5 Å². The van der Waals surface area contributed by atoms with Crippen molar-refractivity contribution in [3.05, 3.63) is 85.1 Å². The van der Waals surface area contributed by atoms with E-state index in [0.29, 0.717) is 12.8 Å². The summed E-state index contributed by atoms with van der Waals surface area (Å²) < 4.78 is 23.0. The Bertz CT molecular complexity index is 1890. The Morgan fingerprint density at radius 2 is 0.742 bits per heavy atom. The van der Waals surface area contributed by atoms with Crippen molar-refractivity contribution in [3.8, 4) is 0 Å². The van der Waals surface area contributed by atoms with Crippen molar-refractivity contribution in [1.82, 2.24) is 5.32 Å². The van der Waals surface area contributed by atoms with E-state index in [4.69, 9.17) is 18.9 Å². The van der Waals surface area contributed by atoms with Crippen molar-refractivity contribution < 1.29 is 64.6 Å². The summed E-state index contributed by atoms with van der Waals surface area (Å²) in [5.74, 6) is -0.209. The lowest BCUT2D eigenvalue weighted by atomic mass is 9.97. The molecule has 540 valence electrons. The summed E-state index contributed by atoms with van der Waals surface area (Å²) in [6, 6.07) is -0.837. The average molecular weight is 1310 g/mol. The lowest BCUT2D eigenvalue weighted by molar-refractivity contribution is -0.359. The van der Waals surface area contributed by atoms with Crippen molar-refractivity contribution in [2.45, 2.75) is 389 Å². The maximum Gasteiger partial charge on any atom is 0.220 e. The molecule has 0 bridgehead atoms. The minimum atomic E-state index is -1.79. The van der Waals surface area contributed by atoms with Crippen LogP contribution in [0.3, 0.4) is 0 Å². The maximum atomic E-state index is 13.4. The van der Waals surface area contributed by atoms with E-state index in [2.05, 4.69) is 104 Å². The Balaban J connectivity index is 1.64. The number of amides is 1. The molecule has 0 radical (unpaired) electrons. The van der Waals surface area contributed by atoms with Crippen molar-refractivity contribution in [3.63, 3.8) is 0 Å². The number of nitrogens with one attached hydrogen (secondary N) is 1. The van der Waals surface area contributed by atoms with Gasteiger partial charge in [-0.05, 0) is 70.6 Å². The van der Waals surface area contributed by atoms with E-state index in [1.54, 1.807) is 0 Å². The first-order valence-electron chi connectivity index (χ1n) is 38.3. The van der Waals surface area contributed by atoms with E-state index >= 15 is 0 Å². The number of unbranched alkanes of at least 4 members (excludes halogenated alkanes) is 36. The third kappa shape index (κ3) is 46.1. The Kier molecular flexibility index (Phi) is 58.1. The monoisotopic (exact) mass is 1310 g/mol. The summed E-state index contributed by atoms with van der Waals surface area (Å²) in [7, 11) is 0. The molecule has 1 amide bonds. The molecule has 2 heterocycles. The maximum absolute atomic E-state index is 13.4. The number of rotatable bonds is 63. The fourth-order valence-electron chi connectivity index (χ4n) is 12.3. The van der Waals surface area contributed by atoms with Gasteiger partial charge in [-0.25, -0.2) is 0 Å². The van der Waals surface area contributed by atoms with Crippen molar-refractivity contribution >= 4 is 5.91 Å². The van der Waals surface area contributed by atoms with Gasteiger partial charge in [-0.15, -0.1) is 0 Å². The molecule has 14 heteroatoms. The highest BCUT2D eigenvalue weighted by molar-refractivity contribution is 5.76. The van der Waals surface area contributed by atoms with E-state index in [0.717, 1.165) is 103 Å². The molecule has 0 aromatic heterocycles. The highest BCUT2D eigenvalue weighted by atomic mass is 16.7. The van der Waals surface area contributed by atoms with Crippen LogP contribution < -0.4 is 5.32 Å². The molecular weight excluding hydrogens is 1170 g/mol. The first kappa shape index (κ1) is 86.3. The lowest BCUT2D eigenvalue weighted by Crippen LogP contribution is -2.65. The molecule has 0 saturated carbocycles. The topological polar surface area (TPSA) is 228 Å². The van der Waals surface area contributed by atoms with Gasteiger partial charge in [0.25, 0.3) is 0 Å². The second-order valence-electron chi connectivity index (χ2n) is 26.8. The number of ether oxygens (including phenoxy) is 4. The van der Waals surface area contributed by atoms with Gasteiger partial charge in [0.15, 0.2) is 12.6 Å². The summed E-state index contributed by atoms with van der Waals surface area (Å²) in [4.78, 5) is 13.4. The van der Waals surface area contributed by atoms with Gasteiger partial charge in [-0.3, -0.25) is 4.79 Å². The molecule has 2 aliphatic heterocycles. The summed E-state index contributed by atoms with van der Waals surface area (Å²) in [6.45, 7) is 2.79. The van der Waals surface area contributed by atoms with Crippen molar-refractivity contribution in [2.75, 3.05) is 19.8 Å². The molecule has 9 N–H and O–H groups in total. The highest BCUT2D eigenvalue weighted by Gasteiger charge is 2.51. The number of hydrogen-bond acceptors (Lipinski definition) is 13. The number of hydrogen-bond donors (Lipinski definition) is 9. The molecule has 2 rings (SSSR count). The zero-order valence-electron chi connectivity index (χ0n) is 59.0. The zero-order valence-corrected chi connectivity index (χ0v) is 59.0. The van der Waals surface area contributed by atoms with Crippen LogP contribution in [0.15, 0.2) is 85.1 Å². The lowest BCUT2D eigenvalue weighted by Gasteiger charge is -2.46. The number of carbonyl (C=O) groups excluding carboxylic acids is 1. The smallest absolute Gasteiger partial charge is 0.220 e. The van der Waals surface area contributed by atoms with Gasteiger partial charge in [-0.1, -0.05) is 324 Å². The first-order chi connectivity index (χ1) is 45.6. The predicted octanol–water partition coefficient (Wildman–Crippen LogP) is 16.7. The van der Waals surface area contributed by atoms with Crippen LogP contribution in [0.5, 0.6) is 0 Å². The van der Waals surface area contributed by atoms with Gasteiger partial charge >= 0.3 is 0 Å². The van der Waals surface area contributed by atoms with Gasteiger partial charge in [0.05, 0.1) is 32.0 Å². The second-order valence-corrected chi connectivity index (χ2v) is 26.8. The highest BCUT2D eigenvalue weighted by Crippen LogP contribution is 2.30. The number of aliphatic hydroxyl groups excluding tert-OH is 8. The summed E-state index contributed by atoms with van der Waals surface area (Å²) in [6.07, 6.45) is 70.3. The van der Waals surface area contributed by atoms with Crippen LogP contribution >= 0.6 is 0 Å². The quantitative estimate of drug-likeness (QED) is 0.0204. The molecule has 93 heavy (non-hydrogen) atoms. The van der Waals surface area contributed by atoms with Crippen LogP contribution in [0.2, 0.25) is 0 Å². The van der Waals surface area contributed by atoms with Crippen LogP contribution in [0.4, 0.5) is 0 Å². The Labute approximate surface area is 567 Å². The molecule has 0 aromatic rings. The third-order valence-electron chi connectivity index (χ3n) is 18.4. The molecule has 0 spiro atoms. The van der Waals surface area contributed by atoms with Gasteiger partial charge in [0, 0.05) is 6.42 Å². The molecule has 12 atom stereocenters. The summed E-state index contributed by atoms with van der Waals surface area (Å²) in [5.41, 5.74) is 0. The van der Waals surface area contributed by atoms with Crippen molar-refractivity contribution in [2.24, 2.45) is 0 Å². The molecule has 2 saturated heterocycles. The predicted molar refractivity (Wildman–Crippen MR) is 383 cm³/mol. The van der Waals surface area contributed by atoms with E-state index < -0.39 is 86.8 Å². The molecule has 0 aromatic carbocycles. The molecule has 12 unspecified atom stereocenters. The second kappa shape index (κ2) is 62.7. The molecule has 2 fully saturated rings. The van der Waals surface area contributed by atoms with Crippen LogP contribution in [0.1, 0.15) is 316 Å². The van der Waals surface area contributed by atoms with Crippen LogP contribution in [0, 0.1) is 0 Å². The van der Waals surface area contributed by atoms with Crippen LogP contribution in [-0.4, -0.2) is 140 Å². The van der Waals surface area contributed by atoms with Crippen LogP contribution in [-0.2, 0) is 23.7 Å². The largest absolute Gasteiger partial charge is 0.394 e. The average Bonchev–Trinajstić information content (AvgIpc) is 0.852. The zero-order chi connectivity index (χ0) is 67.3. The summed E-state index contributed by atoms with van der Waals surface area (Å²) >= 11 is 0. The van der Waals surface area contributed by atoms with E-state index in [1.807, 2.05) is 0 Å². The number of carbonyl (C=O) groups is 1.